The van der Waals surface area contributed by atoms with Crippen molar-refractivity contribution in [1.82, 2.24) is 9.78 Å². The van der Waals surface area contributed by atoms with Gasteiger partial charge in [-0.3, -0.25) is 19.1 Å². The standard InChI is InChI=1S/C18H16N4O5/c1-9-13(8-19-21(9)3)15-14-16(27-20-15)18(25)22(17(14)24)11-4-6-12(7-5-11)26-10(2)23/h4-8,14,16H,1-3H3/t14-,16+/m0/s1. The maximum atomic E-state index is 13.0. The minimum Gasteiger partial charge on any atom is -0.427 e. The van der Waals surface area contributed by atoms with Gasteiger partial charge in [0.05, 0.1) is 11.9 Å². The van der Waals surface area contributed by atoms with Crippen molar-refractivity contribution in [2.45, 2.75) is 20.0 Å². The van der Waals surface area contributed by atoms with Crippen LogP contribution in [0.25, 0.3) is 0 Å². The lowest BCUT2D eigenvalue weighted by Crippen LogP contribution is -2.33. The van der Waals surface area contributed by atoms with Gasteiger partial charge in [-0.05, 0) is 31.2 Å². The quantitative estimate of drug-likeness (QED) is 0.454. The van der Waals surface area contributed by atoms with E-state index >= 15 is 0 Å². The fourth-order valence-electron chi connectivity index (χ4n) is 3.23. The van der Waals surface area contributed by atoms with Crippen molar-refractivity contribution in [2.24, 2.45) is 18.1 Å². The van der Waals surface area contributed by atoms with Gasteiger partial charge in [-0.25, -0.2) is 4.90 Å². The molecular weight excluding hydrogens is 352 g/mol. The van der Waals surface area contributed by atoms with Crippen molar-refractivity contribution in [3.05, 3.63) is 41.7 Å². The van der Waals surface area contributed by atoms with Crippen LogP contribution in [0.5, 0.6) is 5.75 Å². The first-order valence-electron chi connectivity index (χ1n) is 8.27. The molecule has 2 amide bonds. The number of ether oxygens (including phenoxy) is 1. The number of esters is 1. The van der Waals surface area contributed by atoms with Crippen LogP contribution in [-0.4, -0.2) is 39.4 Å². The van der Waals surface area contributed by atoms with E-state index in [1.807, 2.05) is 6.92 Å². The highest BCUT2D eigenvalue weighted by Gasteiger charge is 2.56. The normalized spacial score (nSPS) is 21.1. The number of aryl methyl sites for hydroxylation is 1. The first-order chi connectivity index (χ1) is 12.9. The third kappa shape index (κ3) is 2.59. The number of fused-ring (bicyclic) bond motifs is 1. The van der Waals surface area contributed by atoms with E-state index in [0.29, 0.717) is 22.7 Å². The summed E-state index contributed by atoms with van der Waals surface area (Å²) in [7, 11) is 1.78. The van der Waals surface area contributed by atoms with E-state index in [4.69, 9.17) is 9.57 Å². The van der Waals surface area contributed by atoms with Crippen LogP contribution in [-0.2, 0) is 26.3 Å². The first-order valence-corrected chi connectivity index (χ1v) is 8.27. The Hall–Kier alpha value is -3.49. The highest BCUT2D eigenvalue weighted by Crippen LogP contribution is 2.36. The summed E-state index contributed by atoms with van der Waals surface area (Å²) < 4.78 is 6.63. The minimum absolute atomic E-state index is 0.329. The molecule has 0 spiro atoms. The number of carbonyl (C=O) groups excluding carboxylic acids is 3. The predicted octanol–water partition coefficient (Wildman–Crippen LogP) is 0.946. The molecule has 1 aromatic carbocycles. The lowest BCUT2D eigenvalue weighted by Gasteiger charge is -2.15. The van der Waals surface area contributed by atoms with Gasteiger partial charge in [0.25, 0.3) is 5.91 Å². The van der Waals surface area contributed by atoms with Crippen molar-refractivity contribution >= 4 is 29.2 Å². The van der Waals surface area contributed by atoms with Gasteiger partial charge < -0.3 is 9.57 Å². The van der Waals surface area contributed by atoms with E-state index in [-0.39, 0.29) is 0 Å². The van der Waals surface area contributed by atoms with Gasteiger partial charge in [0, 0.05) is 25.2 Å². The van der Waals surface area contributed by atoms with E-state index < -0.39 is 29.8 Å². The number of imide groups is 1. The van der Waals surface area contributed by atoms with Gasteiger partial charge in [-0.15, -0.1) is 0 Å². The molecule has 0 radical (unpaired) electrons. The fraction of sp³-hybridized carbons (Fsp3) is 0.278. The number of rotatable bonds is 3. The van der Waals surface area contributed by atoms with Gasteiger partial charge in [0.2, 0.25) is 12.0 Å². The zero-order valence-electron chi connectivity index (χ0n) is 14.9. The van der Waals surface area contributed by atoms with Crippen LogP contribution in [0.3, 0.4) is 0 Å². The molecule has 1 saturated heterocycles. The number of hydrogen-bond donors (Lipinski definition) is 0. The Labute approximate surface area is 154 Å². The minimum atomic E-state index is -0.986. The summed E-state index contributed by atoms with van der Waals surface area (Å²) in [6.45, 7) is 3.15. The van der Waals surface area contributed by atoms with Crippen LogP contribution in [0.2, 0.25) is 0 Å². The van der Waals surface area contributed by atoms with Crippen LogP contribution >= 0.6 is 0 Å². The first kappa shape index (κ1) is 17.0. The lowest BCUT2D eigenvalue weighted by molar-refractivity contribution is -0.132. The fourth-order valence-corrected chi connectivity index (χ4v) is 3.23. The molecule has 0 unspecified atom stereocenters. The van der Waals surface area contributed by atoms with E-state index in [2.05, 4.69) is 10.3 Å². The third-order valence-electron chi connectivity index (χ3n) is 4.68. The van der Waals surface area contributed by atoms with E-state index in [0.717, 1.165) is 10.6 Å². The largest absolute Gasteiger partial charge is 0.427 e. The van der Waals surface area contributed by atoms with Crippen molar-refractivity contribution in [2.75, 3.05) is 4.90 Å². The number of carbonyl (C=O) groups is 3. The Balaban J connectivity index is 1.64. The average molecular weight is 368 g/mol. The summed E-state index contributed by atoms with van der Waals surface area (Å²) in [6, 6.07) is 6.13. The molecule has 2 atom stereocenters. The maximum absolute atomic E-state index is 13.0. The number of anilines is 1. The van der Waals surface area contributed by atoms with E-state index in [1.165, 1.54) is 19.1 Å². The Morgan fingerprint density at radius 3 is 2.48 bits per heavy atom. The van der Waals surface area contributed by atoms with Crippen LogP contribution in [0.1, 0.15) is 18.2 Å². The monoisotopic (exact) mass is 368 g/mol. The molecule has 2 aliphatic rings. The predicted molar refractivity (Wildman–Crippen MR) is 93.1 cm³/mol. The molecule has 9 heteroatoms. The van der Waals surface area contributed by atoms with Crippen molar-refractivity contribution < 1.29 is 24.0 Å². The van der Waals surface area contributed by atoms with Crippen molar-refractivity contribution in [3.8, 4) is 5.75 Å². The maximum Gasteiger partial charge on any atom is 0.308 e. The van der Waals surface area contributed by atoms with Gasteiger partial charge in [-0.1, -0.05) is 5.16 Å². The molecule has 4 rings (SSSR count). The molecule has 9 nitrogen and oxygen atoms in total. The molecular formula is C18H16N4O5. The van der Waals surface area contributed by atoms with Crippen molar-refractivity contribution in [3.63, 3.8) is 0 Å². The SMILES string of the molecule is CC(=O)Oc1ccc(N2C(=O)[C@H]3C(c4cnn(C)c4C)=NO[C@H]3C2=O)cc1. The molecule has 0 N–H and O–H groups in total. The second-order valence-corrected chi connectivity index (χ2v) is 6.35. The summed E-state index contributed by atoms with van der Waals surface area (Å²) in [5.74, 6) is -1.83. The van der Waals surface area contributed by atoms with Gasteiger partial charge in [0.15, 0.2) is 0 Å². The van der Waals surface area contributed by atoms with Gasteiger partial charge >= 0.3 is 5.97 Å². The summed E-state index contributed by atoms with van der Waals surface area (Å²) in [5.41, 5.74) is 2.28. The lowest BCUT2D eigenvalue weighted by atomic mass is 9.94. The molecule has 0 bridgehead atoms. The summed E-state index contributed by atoms with van der Waals surface area (Å²) in [6.07, 6.45) is 0.619. The third-order valence-corrected chi connectivity index (χ3v) is 4.68. The number of oxime groups is 1. The summed E-state index contributed by atoms with van der Waals surface area (Å²) in [4.78, 5) is 43.1. The van der Waals surface area contributed by atoms with Crippen molar-refractivity contribution in [1.29, 1.82) is 0 Å². The van der Waals surface area contributed by atoms with Crippen LogP contribution in [0.4, 0.5) is 5.69 Å². The Morgan fingerprint density at radius 2 is 1.89 bits per heavy atom. The molecule has 1 aromatic heterocycles. The summed E-state index contributed by atoms with van der Waals surface area (Å²) in [5, 5.41) is 8.14. The average Bonchev–Trinajstić information content (AvgIpc) is 3.26. The van der Waals surface area contributed by atoms with E-state index in [1.54, 1.807) is 30.1 Å². The van der Waals surface area contributed by atoms with Gasteiger partial charge in [-0.2, -0.15) is 5.10 Å². The van der Waals surface area contributed by atoms with Crippen LogP contribution in [0.15, 0.2) is 35.6 Å². The topological polar surface area (TPSA) is 103 Å². The molecule has 138 valence electrons. The Bertz CT molecular complexity index is 992. The smallest absolute Gasteiger partial charge is 0.308 e. The highest BCUT2D eigenvalue weighted by atomic mass is 16.6. The zero-order valence-corrected chi connectivity index (χ0v) is 14.9. The Morgan fingerprint density at radius 1 is 1.19 bits per heavy atom. The number of benzene rings is 1. The zero-order chi connectivity index (χ0) is 19.3. The highest BCUT2D eigenvalue weighted by molar-refractivity contribution is 6.32. The molecule has 1 fully saturated rings. The molecule has 2 aromatic rings. The second kappa shape index (κ2) is 6.04. The Kier molecular flexibility index (Phi) is 3.79. The molecule has 0 aliphatic carbocycles. The molecule has 27 heavy (non-hydrogen) atoms. The van der Waals surface area contributed by atoms with Crippen LogP contribution in [0, 0.1) is 12.8 Å². The van der Waals surface area contributed by atoms with Crippen LogP contribution < -0.4 is 9.64 Å². The second-order valence-electron chi connectivity index (χ2n) is 6.35. The number of amides is 2. The van der Waals surface area contributed by atoms with Gasteiger partial charge in [0.1, 0.15) is 17.4 Å². The number of nitrogens with zero attached hydrogens (tertiary/aromatic N) is 4. The summed E-state index contributed by atoms with van der Waals surface area (Å²) >= 11 is 0. The number of aromatic nitrogens is 2. The molecule has 0 saturated carbocycles. The molecule has 3 heterocycles. The van der Waals surface area contributed by atoms with E-state index in [9.17, 15) is 14.4 Å². The molecule has 2 aliphatic heterocycles. The number of hydrogen-bond acceptors (Lipinski definition) is 7.